The summed E-state index contributed by atoms with van der Waals surface area (Å²) in [6.45, 7) is 2.21. The van der Waals surface area contributed by atoms with Crippen LogP contribution in [-0.2, 0) is 9.53 Å². The highest BCUT2D eigenvalue weighted by atomic mass is 16.6. The maximum absolute atomic E-state index is 11.9. The number of esters is 1. The Labute approximate surface area is 140 Å². The number of amides is 1. The molecule has 0 saturated heterocycles. The van der Waals surface area contributed by atoms with Crippen molar-refractivity contribution < 1.29 is 24.0 Å². The largest absolute Gasteiger partial charge is 0.490 e. The number of nitro groups is 1. The molecule has 8 nitrogen and oxygen atoms in total. The SMILES string of the molecule is CCCCCCNC(=O)COC(=O)c1ccc(OC)c([N+](=O)[O-])c1. The molecule has 0 aliphatic heterocycles. The molecule has 132 valence electrons. The predicted molar refractivity (Wildman–Crippen MR) is 87.1 cm³/mol. The van der Waals surface area contributed by atoms with Gasteiger partial charge in [0.1, 0.15) is 0 Å². The molecule has 0 saturated carbocycles. The number of nitrogens with one attached hydrogen (secondary N) is 1. The summed E-state index contributed by atoms with van der Waals surface area (Å²) >= 11 is 0. The molecule has 1 aromatic rings. The Morgan fingerprint density at radius 3 is 2.62 bits per heavy atom. The number of rotatable bonds is 10. The van der Waals surface area contributed by atoms with Crippen molar-refractivity contribution >= 4 is 17.6 Å². The van der Waals surface area contributed by atoms with E-state index in [0.29, 0.717) is 6.54 Å². The van der Waals surface area contributed by atoms with E-state index < -0.39 is 23.4 Å². The average Bonchev–Trinajstić information content (AvgIpc) is 2.58. The number of unbranched alkanes of at least 4 members (excludes halogenated alkanes) is 3. The number of benzene rings is 1. The summed E-state index contributed by atoms with van der Waals surface area (Å²) in [6, 6.07) is 3.71. The molecule has 0 heterocycles. The van der Waals surface area contributed by atoms with Gasteiger partial charge in [-0.1, -0.05) is 26.2 Å². The molecular formula is C16H22N2O6. The van der Waals surface area contributed by atoms with Gasteiger partial charge in [0.25, 0.3) is 5.91 Å². The van der Waals surface area contributed by atoms with E-state index in [1.807, 2.05) is 0 Å². The second-order valence-corrected chi connectivity index (χ2v) is 5.13. The Bertz CT molecular complexity index is 588. The van der Waals surface area contributed by atoms with Gasteiger partial charge >= 0.3 is 11.7 Å². The third-order valence-corrected chi connectivity index (χ3v) is 3.30. The number of ether oxygens (including phenoxy) is 2. The molecule has 0 radical (unpaired) electrons. The van der Waals surface area contributed by atoms with Gasteiger partial charge < -0.3 is 14.8 Å². The summed E-state index contributed by atoms with van der Waals surface area (Å²) in [6.07, 6.45) is 4.13. The van der Waals surface area contributed by atoms with Crippen LogP contribution in [0.1, 0.15) is 43.0 Å². The van der Waals surface area contributed by atoms with Gasteiger partial charge in [-0.05, 0) is 18.6 Å². The summed E-state index contributed by atoms with van der Waals surface area (Å²) in [5.74, 6) is -1.16. The molecule has 0 aliphatic carbocycles. The summed E-state index contributed by atoms with van der Waals surface area (Å²) in [5, 5.41) is 13.6. The first-order valence-corrected chi connectivity index (χ1v) is 7.75. The van der Waals surface area contributed by atoms with Crippen molar-refractivity contribution in [1.29, 1.82) is 0 Å². The number of carbonyl (C=O) groups excluding carboxylic acids is 2. The first kappa shape index (κ1) is 19.4. The van der Waals surface area contributed by atoms with Crippen molar-refractivity contribution in [3.05, 3.63) is 33.9 Å². The molecule has 0 spiro atoms. The Hall–Kier alpha value is -2.64. The van der Waals surface area contributed by atoms with Crippen molar-refractivity contribution in [3.63, 3.8) is 0 Å². The zero-order chi connectivity index (χ0) is 17.9. The maximum Gasteiger partial charge on any atom is 0.338 e. The van der Waals surface area contributed by atoms with Crippen LogP contribution in [0.4, 0.5) is 5.69 Å². The molecule has 1 amide bonds. The minimum Gasteiger partial charge on any atom is -0.490 e. The normalized spacial score (nSPS) is 10.1. The highest BCUT2D eigenvalue weighted by Crippen LogP contribution is 2.27. The van der Waals surface area contributed by atoms with Crippen molar-refractivity contribution in [2.45, 2.75) is 32.6 Å². The topological polar surface area (TPSA) is 108 Å². The second kappa shape index (κ2) is 10.2. The fourth-order valence-electron chi connectivity index (χ4n) is 2.00. The van der Waals surface area contributed by atoms with Gasteiger partial charge in [0.15, 0.2) is 12.4 Å². The van der Waals surface area contributed by atoms with Crippen molar-refractivity contribution in [3.8, 4) is 5.75 Å². The summed E-state index contributed by atoms with van der Waals surface area (Å²) in [4.78, 5) is 33.7. The number of hydrogen-bond acceptors (Lipinski definition) is 6. The zero-order valence-electron chi connectivity index (χ0n) is 13.9. The van der Waals surface area contributed by atoms with Crippen LogP contribution in [0.3, 0.4) is 0 Å². The van der Waals surface area contributed by atoms with Gasteiger partial charge in [-0.2, -0.15) is 0 Å². The van der Waals surface area contributed by atoms with E-state index in [1.165, 1.54) is 19.2 Å². The van der Waals surface area contributed by atoms with Crippen LogP contribution in [0.5, 0.6) is 5.75 Å². The fraction of sp³-hybridized carbons (Fsp3) is 0.500. The first-order chi connectivity index (χ1) is 11.5. The van der Waals surface area contributed by atoms with E-state index in [4.69, 9.17) is 9.47 Å². The van der Waals surface area contributed by atoms with Crippen LogP contribution in [0.2, 0.25) is 0 Å². The van der Waals surface area contributed by atoms with Crippen molar-refractivity contribution in [2.75, 3.05) is 20.3 Å². The lowest BCUT2D eigenvalue weighted by atomic mass is 10.2. The lowest BCUT2D eigenvalue weighted by Crippen LogP contribution is -2.29. The summed E-state index contributed by atoms with van der Waals surface area (Å²) in [7, 11) is 1.30. The van der Waals surface area contributed by atoms with E-state index in [1.54, 1.807) is 0 Å². The third-order valence-electron chi connectivity index (χ3n) is 3.30. The first-order valence-electron chi connectivity index (χ1n) is 7.75. The quantitative estimate of drug-likeness (QED) is 0.304. The smallest absolute Gasteiger partial charge is 0.338 e. The molecule has 0 unspecified atom stereocenters. The van der Waals surface area contributed by atoms with Gasteiger partial charge in [0.05, 0.1) is 17.6 Å². The van der Waals surface area contributed by atoms with Crippen LogP contribution in [0.15, 0.2) is 18.2 Å². The monoisotopic (exact) mass is 338 g/mol. The maximum atomic E-state index is 11.9. The van der Waals surface area contributed by atoms with E-state index in [-0.39, 0.29) is 17.0 Å². The molecule has 0 aromatic heterocycles. The number of nitrogens with zero attached hydrogens (tertiary/aromatic N) is 1. The highest BCUT2D eigenvalue weighted by Gasteiger charge is 2.19. The summed E-state index contributed by atoms with van der Waals surface area (Å²) < 4.78 is 9.72. The molecule has 24 heavy (non-hydrogen) atoms. The summed E-state index contributed by atoms with van der Waals surface area (Å²) in [5.41, 5.74) is -0.356. The number of methoxy groups -OCH3 is 1. The molecular weight excluding hydrogens is 316 g/mol. The number of nitro benzene ring substituents is 1. The van der Waals surface area contributed by atoms with Crippen LogP contribution in [0.25, 0.3) is 0 Å². The molecule has 0 bridgehead atoms. The second-order valence-electron chi connectivity index (χ2n) is 5.13. The highest BCUT2D eigenvalue weighted by molar-refractivity contribution is 5.92. The Morgan fingerprint density at radius 1 is 1.25 bits per heavy atom. The van der Waals surface area contributed by atoms with E-state index in [2.05, 4.69) is 12.2 Å². The molecule has 1 aromatic carbocycles. The molecule has 0 fully saturated rings. The van der Waals surface area contributed by atoms with Gasteiger partial charge in [-0.3, -0.25) is 14.9 Å². The third kappa shape index (κ3) is 6.23. The predicted octanol–water partition coefficient (Wildman–Crippen LogP) is 2.46. The van der Waals surface area contributed by atoms with Crippen LogP contribution < -0.4 is 10.1 Å². The molecule has 1 N–H and O–H groups in total. The van der Waals surface area contributed by atoms with Crippen LogP contribution in [0, 0.1) is 10.1 Å². The number of carbonyl (C=O) groups is 2. The lowest BCUT2D eigenvalue weighted by Gasteiger charge is -2.07. The standard InChI is InChI=1S/C16H22N2O6/c1-3-4-5-6-9-17-15(19)11-24-16(20)12-7-8-14(23-2)13(10-12)18(21)22/h7-8,10H,3-6,9,11H2,1-2H3,(H,17,19). The van der Waals surface area contributed by atoms with Gasteiger partial charge in [-0.25, -0.2) is 4.79 Å². The van der Waals surface area contributed by atoms with Gasteiger partial charge in [-0.15, -0.1) is 0 Å². The fourth-order valence-corrected chi connectivity index (χ4v) is 2.00. The molecule has 1 rings (SSSR count). The van der Waals surface area contributed by atoms with E-state index in [0.717, 1.165) is 31.7 Å². The van der Waals surface area contributed by atoms with Crippen LogP contribution >= 0.6 is 0 Å². The Kier molecular flexibility index (Phi) is 8.24. The van der Waals surface area contributed by atoms with Crippen LogP contribution in [-0.4, -0.2) is 37.1 Å². The lowest BCUT2D eigenvalue weighted by molar-refractivity contribution is -0.385. The van der Waals surface area contributed by atoms with Gasteiger partial charge in [0.2, 0.25) is 0 Å². The van der Waals surface area contributed by atoms with E-state index >= 15 is 0 Å². The Balaban J connectivity index is 2.49. The zero-order valence-corrected chi connectivity index (χ0v) is 13.9. The van der Waals surface area contributed by atoms with Crippen molar-refractivity contribution in [2.24, 2.45) is 0 Å². The average molecular weight is 338 g/mol. The number of hydrogen-bond donors (Lipinski definition) is 1. The molecule has 0 atom stereocenters. The Morgan fingerprint density at radius 2 is 2.00 bits per heavy atom. The molecule has 8 heteroatoms. The molecule has 0 aliphatic rings. The minimum absolute atomic E-state index is 0.0155. The van der Waals surface area contributed by atoms with E-state index in [9.17, 15) is 19.7 Å². The van der Waals surface area contributed by atoms with Gasteiger partial charge in [0, 0.05) is 12.6 Å². The van der Waals surface area contributed by atoms with Crippen molar-refractivity contribution in [1.82, 2.24) is 5.32 Å². The minimum atomic E-state index is -0.804.